The maximum Gasteiger partial charge on any atom is 0.254 e. The molecule has 0 spiro atoms. The van der Waals surface area contributed by atoms with Crippen LogP contribution in [0.2, 0.25) is 0 Å². The molecule has 1 aliphatic heterocycles. The van der Waals surface area contributed by atoms with Gasteiger partial charge in [-0.1, -0.05) is 18.2 Å². The van der Waals surface area contributed by atoms with Crippen molar-refractivity contribution in [2.24, 2.45) is 0 Å². The molecule has 1 heterocycles. The van der Waals surface area contributed by atoms with Gasteiger partial charge in [-0.3, -0.25) is 9.59 Å². The van der Waals surface area contributed by atoms with Crippen LogP contribution in [0.5, 0.6) is 0 Å². The summed E-state index contributed by atoms with van der Waals surface area (Å²) in [4.78, 5) is 24.2. The second kappa shape index (κ2) is 10.0. The first kappa shape index (κ1) is 20.8. The summed E-state index contributed by atoms with van der Waals surface area (Å²) < 4.78 is 19.0. The molecular weight excluding hydrogens is 373 g/mol. The molecule has 2 aromatic rings. The molecule has 0 saturated carbocycles. The lowest BCUT2D eigenvalue weighted by molar-refractivity contribution is -0.128. The van der Waals surface area contributed by atoms with Crippen LogP contribution in [-0.2, 0) is 16.1 Å². The highest BCUT2D eigenvalue weighted by atomic mass is 35.5. The van der Waals surface area contributed by atoms with E-state index in [0.717, 1.165) is 6.54 Å². The molecule has 2 amide bonds. The number of benzene rings is 2. The topological polar surface area (TPSA) is 79.5 Å². The van der Waals surface area contributed by atoms with Gasteiger partial charge in [0.2, 0.25) is 0 Å². The molecule has 144 valence electrons. The van der Waals surface area contributed by atoms with E-state index in [4.69, 9.17) is 4.74 Å². The van der Waals surface area contributed by atoms with Crippen molar-refractivity contribution in [3.05, 3.63) is 65.5 Å². The second-order valence-electron chi connectivity index (χ2n) is 5.90. The number of carbonyl (C=O) groups excluding carboxylic acids is 2. The quantitative estimate of drug-likeness (QED) is 0.727. The Balaban J connectivity index is 0.00000261. The molecule has 1 atom stereocenters. The Morgan fingerprint density at radius 1 is 1.15 bits per heavy atom. The van der Waals surface area contributed by atoms with Crippen molar-refractivity contribution >= 4 is 29.9 Å². The number of rotatable bonds is 5. The standard InChI is InChI=1S/C19H20FN3O3.ClH/c20-16-4-2-1-3-14(16)11-22-18(24)13-5-7-15(8-6-13)23-19(25)17-12-21-9-10-26-17;/h1-8,17,21H,9-12H2,(H,22,24)(H,23,25);1H. The van der Waals surface area contributed by atoms with Crippen LogP contribution in [0.1, 0.15) is 15.9 Å². The smallest absolute Gasteiger partial charge is 0.254 e. The molecule has 1 aliphatic rings. The Kier molecular flexibility index (Phi) is 7.72. The molecule has 6 nitrogen and oxygen atoms in total. The van der Waals surface area contributed by atoms with Crippen LogP contribution >= 0.6 is 12.4 Å². The molecule has 2 aromatic carbocycles. The lowest BCUT2D eigenvalue weighted by atomic mass is 10.1. The van der Waals surface area contributed by atoms with Gasteiger partial charge in [0.05, 0.1) is 6.61 Å². The van der Waals surface area contributed by atoms with Gasteiger partial charge < -0.3 is 20.7 Å². The highest BCUT2D eigenvalue weighted by Gasteiger charge is 2.21. The molecule has 1 unspecified atom stereocenters. The van der Waals surface area contributed by atoms with Crippen LogP contribution in [0.25, 0.3) is 0 Å². The van der Waals surface area contributed by atoms with Gasteiger partial charge in [-0.25, -0.2) is 4.39 Å². The Labute approximate surface area is 162 Å². The monoisotopic (exact) mass is 393 g/mol. The third-order valence-corrected chi connectivity index (χ3v) is 4.03. The van der Waals surface area contributed by atoms with Crippen molar-refractivity contribution < 1.29 is 18.7 Å². The first-order valence-electron chi connectivity index (χ1n) is 8.38. The fourth-order valence-electron chi connectivity index (χ4n) is 2.58. The number of amides is 2. The van der Waals surface area contributed by atoms with E-state index in [-0.39, 0.29) is 36.6 Å². The number of ether oxygens (including phenoxy) is 1. The summed E-state index contributed by atoms with van der Waals surface area (Å²) in [5, 5.41) is 8.52. The van der Waals surface area contributed by atoms with Crippen LogP contribution in [0.15, 0.2) is 48.5 Å². The minimum absolute atomic E-state index is 0. The molecule has 3 rings (SSSR count). The van der Waals surface area contributed by atoms with Gasteiger partial charge >= 0.3 is 0 Å². The second-order valence-corrected chi connectivity index (χ2v) is 5.90. The zero-order valence-electron chi connectivity index (χ0n) is 14.5. The Morgan fingerprint density at radius 2 is 1.89 bits per heavy atom. The summed E-state index contributed by atoms with van der Waals surface area (Å²) in [6, 6.07) is 12.8. The maximum atomic E-state index is 13.6. The third-order valence-electron chi connectivity index (χ3n) is 4.03. The van der Waals surface area contributed by atoms with Gasteiger partial charge in [0.25, 0.3) is 11.8 Å². The average Bonchev–Trinajstić information content (AvgIpc) is 2.68. The highest BCUT2D eigenvalue weighted by molar-refractivity contribution is 5.97. The highest BCUT2D eigenvalue weighted by Crippen LogP contribution is 2.12. The van der Waals surface area contributed by atoms with Crippen LogP contribution in [0, 0.1) is 5.82 Å². The lowest BCUT2D eigenvalue weighted by Crippen LogP contribution is -2.45. The molecular formula is C19H21ClFN3O3. The largest absolute Gasteiger partial charge is 0.366 e. The number of morpholine rings is 1. The molecule has 0 bridgehead atoms. The number of halogens is 2. The Bertz CT molecular complexity index is 780. The number of carbonyl (C=O) groups is 2. The summed E-state index contributed by atoms with van der Waals surface area (Å²) >= 11 is 0. The molecule has 1 saturated heterocycles. The van der Waals surface area contributed by atoms with E-state index in [9.17, 15) is 14.0 Å². The number of hydrogen-bond donors (Lipinski definition) is 3. The fraction of sp³-hybridized carbons (Fsp3) is 0.263. The zero-order valence-corrected chi connectivity index (χ0v) is 15.4. The van der Waals surface area contributed by atoms with Gasteiger partial charge in [-0.05, 0) is 30.3 Å². The number of anilines is 1. The van der Waals surface area contributed by atoms with Crippen molar-refractivity contribution in [3.8, 4) is 0 Å². The Hall–Kier alpha value is -2.48. The van der Waals surface area contributed by atoms with Crippen molar-refractivity contribution in [2.75, 3.05) is 25.0 Å². The van der Waals surface area contributed by atoms with E-state index in [2.05, 4.69) is 16.0 Å². The molecule has 0 radical (unpaired) electrons. The van der Waals surface area contributed by atoms with Crippen LogP contribution in [0.3, 0.4) is 0 Å². The SMILES string of the molecule is Cl.O=C(NCc1ccccc1F)c1ccc(NC(=O)C2CNCCO2)cc1. The predicted octanol–water partition coefficient (Wildman–Crippen LogP) is 2.10. The first-order valence-corrected chi connectivity index (χ1v) is 8.38. The van der Waals surface area contributed by atoms with E-state index < -0.39 is 6.10 Å². The van der Waals surface area contributed by atoms with Crippen LogP contribution < -0.4 is 16.0 Å². The van der Waals surface area contributed by atoms with Crippen LogP contribution in [0.4, 0.5) is 10.1 Å². The minimum Gasteiger partial charge on any atom is -0.366 e. The van der Waals surface area contributed by atoms with E-state index in [1.165, 1.54) is 6.07 Å². The van der Waals surface area contributed by atoms with Gasteiger partial charge in [-0.2, -0.15) is 0 Å². The zero-order chi connectivity index (χ0) is 18.4. The van der Waals surface area contributed by atoms with Gasteiger partial charge in [0.1, 0.15) is 11.9 Å². The fourth-order valence-corrected chi connectivity index (χ4v) is 2.58. The van der Waals surface area contributed by atoms with E-state index in [1.807, 2.05) is 0 Å². The van der Waals surface area contributed by atoms with Crippen molar-refractivity contribution in [1.29, 1.82) is 0 Å². The molecule has 3 N–H and O–H groups in total. The molecule has 0 aromatic heterocycles. The van der Waals surface area contributed by atoms with Crippen LogP contribution in [-0.4, -0.2) is 37.6 Å². The Morgan fingerprint density at radius 3 is 2.56 bits per heavy atom. The number of hydrogen-bond acceptors (Lipinski definition) is 4. The normalized spacial score (nSPS) is 16.1. The van der Waals surface area contributed by atoms with Gasteiger partial charge in [0.15, 0.2) is 0 Å². The minimum atomic E-state index is -0.521. The summed E-state index contributed by atoms with van der Waals surface area (Å²) in [5.41, 5.74) is 1.43. The summed E-state index contributed by atoms with van der Waals surface area (Å²) in [6.45, 7) is 1.82. The predicted molar refractivity (Wildman–Crippen MR) is 102 cm³/mol. The maximum absolute atomic E-state index is 13.6. The van der Waals surface area contributed by atoms with Crippen molar-refractivity contribution in [1.82, 2.24) is 10.6 Å². The molecule has 8 heteroatoms. The van der Waals surface area contributed by atoms with Crippen molar-refractivity contribution in [2.45, 2.75) is 12.6 Å². The molecule has 0 aliphatic carbocycles. The third kappa shape index (κ3) is 5.75. The van der Waals surface area contributed by atoms with E-state index >= 15 is 0 Å². The van der Waals surface area contributed by atoms with Gasteiger partial charge in [0, 0.05) is 36.4 Å². The summed E-state index contributed by atoms with van der Waals surface area (Å²) in [6.07, 6.45) is -0.521. The first-order chi connectivity index (χ1) is 12.6. The number of nitrogens with one attached hydrogen (secondary N) is 3. The van der Waals surface area contributed by atoms with E-state index in [0.29, 0.717) is 30.0 Å². The lowest BCUT2D eigenvalue weighted by Gasteiger charge is -2.22. The summed E-state index contributed by atoms with van der Waals surface area (Å²) in [7, 11) is 0. The van der Waals surface area contributed by atoms with Gasteiger partial charge in [-0.15, -0.1) is 12.4 Å². The average molecular weight is 394 g/mol. The molecule has 1 fully saturated rings. The van der Waals surface area contributed by atoms with Crippen molar-refractivity contribution in [3.63, 3.8) is 0 Å². The molecule has 27 heavy (non-hydrogen) atoms. The summed E-state index contributed by atoms with van der Waals surface area (Å²) in [5.74, 6) is -0.898. The van der Waals surface area contributed by atoms with E-state index in [1.54, 1.807) is 42.5 Å².